The fraction of sp³-hybridized carbons (Fsp3) is 0.548. The van der Waals surface area contributed by atoms with Crippen LogP contribution in [0.1, 0.15) is 71.1 Å². The molecule has 2 rings (SSSR count). The van der Waals surface area contributed by atoms with Crippen LogP contribution in [0.2, 0.25) is 0 Å². The molecule has 0 unspecified atom stereocenters. The van der Waals surface area contributed by atoms with Crippen LogP contribution in [0.25, 0.3) is 11.1 Å². The van der Waals surface area contributed by atoms with Crippen molar-refractivity contribution in [1.82, 2.24) is 5.32 Å². The molecule has 0 spiro atoms. The van der Waals surface area contributed by atoms with Crippen LogP contribution in [0, 0.1) is 0 Å². The van der Waals surface area contributed by atoms with Gasteiger partial charge in [-0.15, -0.1) is 0 Å². The lowest BCUT2D eigenvalue weighted by atomic mass is 9.83. The number of aryl methyl sites for hydroxylation is 2. The normalized spacial score (nSPS) is 11.0. The predicted molar refractivity (Wildman–Crippen MR) is 151 cm³/mol. The van der Waals surface area contributed by atoms with Gasteiger partial charge in [0.05, 0.1) is 21.3 Å². The lowest BCUT2D eigenvalue weighted by Gasteiger charge is -2.34. The molecule has 0 aliphatic heterocycles. The van der Waals surface area contributed by atoms with E-state index in [4.69, 9.17) is 14.2 Å². The molecule has 0 bridgehead atoms. The van der Waals surface area contributed by atoms with Crippen molar-refractivity contribution in [2.75, 3.05) is 21.3 Å². The summed E-state index contributed by atoms with van der Waals surface area (Å²) in [7, 11) is 3.88. The Balaban J connectivity index is 1.90. The first-order chi connectivity index (χ1) is 19.7. The average molecular weight is 572 g/mol. The molecule has 224 valence electrons. The number of rotatable bonds is 18. The van der Waals surface area contributed by atoms with E-state index >= 15 is 0 Å². The number of esters is 3. The van der Waals surface area contributed by atoms with Crippen molar-refractivity contribution < 1.29 is 42.5 Å². The maximum atomic E-state index is 13.0. The SMILES string of the molecule is CC[n+]1ccc(-c2cc[n+](CCCCCC(=O)NC(CCC(=O)OC)(CCC(=O)OC)CCC(=O)OC)cc2)cc1. The summed E-state index contributed by atoms with van der Waals surface area (Å²) in [5.74, 6) is -1.48. The average Bonchev–Trinajstić information content (AvgIpc) is 3.01. The lowest BCUT2D eigenvalue weighted by Crippen LogP contribution is -2.49. The van der Waals surface area contributed by atoms with Crippen molar-refractivity contribution in [1.29, 1.82) is 0 Å². The number of hydrogen-bond acceptors (Lipinski definition) is 7. The molecule has 2 aromatic rings. The van der Waals surface area contributed by atoms with Crippen molar-refractivity contribution in [2.24, 2.45) is 0 Å². The maximum Gasteiger partial charge on any atom is 0.305 e. The molecule has 2 heterocycles. The third kappa shape index (κ3) is 12.1. The Morgan fingerprint density at radius 1 is 0.659 bits per heavy atom. The third-order valence-electron chi connectivity index (χ3n) is 7.31. The van der Waals surface area contributed by atoms with Crippen LogP contribution in [0.3, 0.4) is 0 Å². The molecule has 10 nitrogen and oxygen atoms in total. The van der Waals surface area contributed by atoms with Gasteiger partial charge < -0.3 is 19.5 Å². The number of hydrogen-bond donors (Lipinski definition) is 1. The second kappa shape index (κ2) is 17.8. The van der Waals surface area contributed by atoms with E-state index in [9.17, 15) is 19.2 Å². The van der Waals surface area contributed by atoms with Crippen molar-refractivity contribution >= 4 is 23.8 Å². The van der Waals surface area contributed by atoms with Gasteiger partial charge in [0.1, 0.15) is 13.1 Å². The largest absolute Gasteiger partial charge is 0.469 e. The number of ether oxygens (including phenoxy) is 3. The summed E-state index contributed by atoms with van der Waals surface area (Å²) in [4.78, 5) is 48.6. The molecular weight excluding hydrogens is 526 g/mol. The Hall–Kier alpha value is -3.82. The van der Waals surface area contributed by atoms with Gasteiger partial charge in [0.25, 0.3) is 0 Å². The van der Waals surface area contributed by atoms with Gasteiger partial charge in [0.15, 0.2) is 24.8 Å². The van der Waals surface area contributed by atoms with E-state index in [0.717, 1.165) is 31.5 Å². The summed E-state index contributed by atoms with van der Waals surface area (Å²) in [6.07, 6.45) is 11.9. The lowest BCUT2D eigenvalue weighted by molar-refractivity contribution is -0.697. The fourth-order valence-electron chi connectivity index (χ4n) is 4.67. The Bertz CT molecular complexity index is 1070. The van der Waals surface area contributed by atoms with Crippen molar-refractivity contribution in [2.45, 2.75) is 89.8 Å². The number of nitrogens with zero attached hydrogens (tertiary/aromatic N) is 2. The minimum Gasteiger partial charge on any atom is -0.469 e. The number of unbranched alkanes of at least 4 members (excludes halogenated alkanes) is 2. The van der Waals surface area contributed by atoms with Crippen molar-refractivity contribution in [3.8, 4) is 11.1 Å². The number of carbonyl (C=O) groups is 4. The maximum absolute atomic E-state index is 13.0. The molecule has 0 aliphatic carbocycles. The molecule has 0 aromatic carbocycles. The molecule has 41 heavy (non-hydrogen) atoms. The fourth-order valence-corrected chi connectivity index (χ4v) is 4.67. The highest BCUT2D eigenvalue weighted by molar-refractivity contribution is 5.77. The van der Waals surface area contributed by atoms with Crippen LogP contribution in [0.4, 0.5) is 0 Å². The van der Waals surface area contributed by atoms with E-state index in [2.05, 4.69) is 70.4 Å². The number of amides is 1. The molecule has 0 atom stereocenters. The zero-order valence-electron chi connectivity index (χ0n) is 24.9. The Labute approximate surface area is 243 Å². The summed E-state index contributed by atoms with van der Waals surface area (Å²) in [6.45, 7) is 3.89. The summed E-state index contributed by atoms with van der Waals surface area (Å²) < 4.78 is 18.6. The standard InChI is InChI=1S/C31H44N3O7/c1-5-33-21-13-25(14-22-33)26-15-23-34(24-16-26)20-8-6-7-9-27(35)32-31(17-10-28(36)39-2,18-11-29(37)40-3)19-12-30(38)41-4/h13-16,21-24H,5-12,17-20H2,1-4H3/q+1/p+1. The topological polar surface area (TPSA) is 116 Å². The minimum atomic E-state index is -0.944. The first kappa shape index (κ1) is 33.4. The smallest absolute Gasteiger partial charge is 0.305 e. The number of aromatic nitrogens is 2. The van der Waals surface area contributed by atoms with Crippen LogP contribution in [0.15, 0.2) is 49.1 Å². The Morgan fingerprint density at radius 2 is 1.10 bits per heavy atom. The number of nitrogens with one attached hydrogen (secondary N) is 1. The monoisotopic (exact) mass is 571 g/mol. The zero-order valence-corrected chi connectivity index (χ0v) is 24.9. The predicted octanol–water partition coefficient (Wildman–Crippen LogP) is 3.22. The van der Waals surface area contributed by atoms with Crippen LogP contribution in [-0.2, 0) is 46.5 Å². The molecule has 0 fully saturated rings. The van der Waals surface area contributed by atoms with Crippen LogP contribution in [-0.4, -0.2) is 50.7 Å². The van der Waals surface area contributed by atoms with E-state index < -0.39 is 23.4 Å². The molecule has 1 amide bonds. The molecule has 0 aliphatic rings. The second-order valence-corrected chi connectivity index (χ2v) is 10.1. The molecule has 0 saturated carbocycles. The molecule has 2 aromatic heterocycles. The van der Waals surface area contributed by atoms with Gasteiger partial charge in [0, 0.05) is 61.9 Å². The first-order valence-corrected chi connectivity index (χ1v) is 14.2. The number of carbonyl (C=O) groups excluding carboxylic acids is 4. The second-order valence-electron chi connectivity index (χ2n) is 10.1. The van der Waals surface area contributed by atoms with Gasteiger partial charge >= 0.3 is 17.9 Å². The highest BCUT2D eigenvalue weighted by Gasteiger charge is 2.34. The summed E-state index contributed by atoms with van der Waals surface area (Å²) in [6, 6.07) is 8.44. The van der Waals surface area contributed by atoms with Crippen molar-refractivity contribution in [3.05, 3.63) is 49.1 Å². The van der Waals surface area contributed by atoms with Crippen LogP contribution >= 0.6 is 0 Å². The first-order valence-electron chi connectivity index (χ1n) is 14.2. The van der Waals surface area contributed by atoms with Gasteiger partial charge in [0.2, 0.25) is 5.91 Å². The van der Waals surface area contributed by atoms with E-state index in [1.165, 1.54) is 26.9 Å². The highest BCUT2D eigenvalue weighted by Crippen LogP contribution is 2.27. The summed E-state index contributed by atoms with van der Waals surface area (Å²) in [5.41, 5.74) is 1.39. The van der Waals surface area contributed by atoms with E-state index in [1.54, 1.807) is 0 Å². The van der Waals surface area contributed by atoms with Crippen molar-refractivity contribution in [3.63, 3.8) is 0 Å². The Morgan fingerprint density at radius 3 is 1.51 bits per heavy atom. The number of methoxy groups -OCH3 is 3. The van der Waals surface area contributed by atoms with Gasteiger partial charge in [-0.3, -0.25) is 19.2 Å². The van der Waals surface area contributed by atoms with E-state index in [0.29, 0.717) is 12.8 Å². The van der Waals surface area contributed by atoms with E-state index in [1.807, 2.05) is 0 Å². The minimum absolute atomic E-state index is 0.0398. The highest BCUT2D eigenvalue weighted by atomic mass is 16.5. The summed E-state index contributed by atoms with van der Waals surface area (Å²) in [5, 5.41) is 3.04. The molecule has 10 heteroatoms. The molecule has 1 N–H and O–H groups in total. The van der Waals surface area contributed by atoms with Gasteiger partial charge in [-0.05, 0) is 50.2 Å². The van der Waals surface area contributed by atoms with Gasteiger partial charge in [-0.1, -0.05) is 0 Å². The van der Waals surface area contributed by atoms with Gasteiger partial charge in [-0.2, -0.15) is 0 Å². The Kier molecular flexibility index (Phi) is 14.5. The zero-order chi connectivity index (χ0) is 30.1. The van der Waals surface area contributed by atoms with Gasteiger partial charge in [-0.25, -0.2) is 9.13 Å². The molecular formula is C31H45N3O7+2. The van der Waals surface area contributed by atoms with Crippen LogP contribution in [0.5, 0.6) is 0 Å². The number of pyridine rings is 2. The quantitative estimate of drug-likeness (QED) is 0.126. The van der Waals surface area contributed by atoms with Crippen LogP contribution < -0.4 is 14.5 Å². The van der Waals surface area contributed by atoms with E-state index in [-0.39, 0.29) is 44.4 Å². The molecule has 0 saturated heterocycles. The summed E-state index contributed by atoms with van der Waals surface area (Å²) >= 11 is 0. The molecule has 0 radical (unpaired) electrons. The third-order valence-corrected chi connectivity index (χ3v) is 7.31.